The van der Waals surface area contributed by atoms with E-state index in [0.717, 1.165) is 66.5 Å². The van der Waals surface area contributed by atoms with Gasteiger partial charge in [0.1, 0.15) is 6.61 Å². The predicted molar refractivity (Wildman–Crippen MR) is 134 cm³/mol. The Morgan fingerprint density at radius 1 is 0.794 bits per heavy atom. The van der Waals surface area contributed by atoms with Gasteiger partial charge in [0, 0.05) is 25.2 Å². The third-order valence-electron chi connectivity index (χ3n) is 6.21. The van der Waals surface area contributed by atoms with Crippen molar-refractivity contribution >= 4 is 0 Å². The molecule has 1 heterocycles. The maximum atomic E-state index is 6.11. The number of methoxy groups -OCH3 is 3. The van der Waals surface area contributed by atoms with Crippen LogP contribution in [0.1, 0.15) is 29.2 Å². The summed E-state index contributed by atoms with van der Waals surface area (Å²) in [5, 5.41) is 3.51. The molecule has 1 aliphatic heterocycles. The first-order chi connectivity index (χ1) is 16.7. The van der Waals surface area contributed by atoms with Crippen LogP contribution in [0.5, 0.6) is 23.0 Å². The molecule has 3 aromatic carbocycles. The van der Waals surface area contributed by atoms with E-state index in [1.807, 2.05) is 36.4 Å². The lowest BCUT2D eigenvalue weighted by atomic mass is 9.95. The van der Waals surface area contributed by atoms with E-state index in [0.29, 0.717) is 12.4 Å². The first-order valence-corrected chi connectivity index (χ1v) is 11.8. The lowest BCUT2D eigenvalue weighted by Crippen LogP contribution is -2.33. The largest absolute Gasteiger partial charge is 0.493 e. The number of nitrogens with zero attached hydrogens (tertiary/aromatic N) is 1. The number of nitrogens with one attached hydrogen (secondary N) is 1. The molecule has 0 spiro atoms. The summed E-state index contributed by atoms with van der Waals surface area (Å²) in [6, 6.07) is 22.4. The topological polar surface area (TPSA) is 52.2 Å². The number of rotatable bonds is 9. The van der Waals surface area contributed by atoms with E-state index in [1.54, 1.807) is 21.3 Å². The van der Waals surface area contributed by atoms with Crippen molar-refractivity contribution in [1.29, 1.82) is 0 Å². The smallest absolute Gasteiger partial charge is 0.165 e. The maximum absolute atomic E-state index is 6.11. The molecule has 3 aromatic rings. The van der Waals surface area contributed by atoms with Crippen molar-refractivity contribution in [2.75, 3.05) is 47.5 Å². The highest BCUT2D eigenvalue weighted by atomic mass is 16.5. The second-order valence-corrected chi connectivity index (χ2v) is 8.31. The zero-order chi connectivity index (χ0) is 23.8. The number of hydrogen-bond donors (Lipinski definition) is 1. The van der Waals surface area contributed by atoms with Crippen molar-refractivity contribution in [1.82, 2.24) is 10.2 Å². The zero-order valence-corrected chi connectivity index (χ0v) is 20.3. The Balaban J connectivity index is 1.71. The van der Waals surface area contributed by atoms with Crippen LogP contribution in [0, 0.1) is 0 Å². The van der Waals surface area contributed by atoms with Crippen LogP contribution in [0.2, 0.25) is 0 Å². The minimum absolute atomic E-state index is 0.0120. The molecule has 0 aliphatic carbocycles. The lowest BCUT2D eigenvalue weighted by Gasteiger charge is -2.33. The van der Waals surface area contributed by atoms with Crippen LogP contribution in [0.25, 0.3) is 0 Å². The van der Waals surface area contributed by atoms with Crippen LogP contribution in [0.3, 0.4) is 0 Å². The molecule has 0 bridgehead atoms. The van der Waals surface area contributed by atoms with Gasteiger partial charge in [0.2, 0.25) is 0 Å². The number of benzene rings is 3. The molecule has 1 N–H and O–H groups in total. The molecular formula is C28H34N2O4. The molecule has 0 amide bonds. The molecule has 1 atom stereocenters. The van der Waals surface area contributed by atoms with Crippen molar-refractivity contribution in [2.45, 2.75) is 19.1 Å². The Labute approximate surface area is 202 Å². The van der Waals surface area contributed by atoms with Gasteiger partial charge in [-0.2, -0.15) is 0 Å². The number of ether oxygens (including phenoxy) is 4. The standard InChI is InChI=1S/C28H34N2O4/c1-31-25-12-7-11-23(28(25)33-3)27(30-17-8-15-29-16-18-30)22-13-14-24(26(19-22)32-2)34-20-21-9-5-4-6-10-21/h4-7,9-14,19,27,29H,8,15-18,20H2,1-3H3. The zero-order valence-electron chi connectivity index (χ0n) is 20.3. The summed E-state index contributed by atoms with van der Waals surface area (Å²) in [4.78, 5) is 2.50. The van der Waals surface area contributed by atoms with Crippen LogP contribution in [-0.2, 0) is 6.61 Å². The Morgan fingerprint density at radius 2 is 1.62 bits per heavy atom. The molecule has 1 aliphatic rings. The summed E-state index contributed by atoms with van der Waals surface area (Å²) >= 11 is 0. The van der Waals surface area contributed by atoms with Gasteiger partial charge in [0.25, 0.3) is 0 Å². The van der Waals surface area contributed by atoms with Gasteiger partial charge < -0.3 is 24.3 Å². The van der Waals surface area contributed by atoms with Gasteiger partial charge in [0.05, 0.1) is 27.4 Å². The third kappa shape index (κ3) is 5.46. The lowest BCUT2D eigenvalue weighted by molar-refractivity contribution is 0.233. The van der Waals surface area contributed by atoms with E-state index in [1.165, 1.54) is 0 Å². The maximum Gasteiger partial charge on any atom is 0.165 e. The minimum Gasteiger partial charge on any atom is -0.493 e. The highest BCUT2D eigenvalue weighted by Crippen LogP contribution is 2.42. The molecule has 4 rings (SSSR count). The van der Waals surface area contributed by atoms with Gasteiger partial charge in [-0.3, -0.25) is 4.90 Å². The first-order valence-electron chi connectivity index (χ1n) is 11.8. The summed E-state index contributed by atoms with van der Waals surface area (Å²) in [7, 11) is 5.06. The van der Waals surface area contributed by atoms with Crippen molar-refractivity contribution in [3.63, 3.8) is 0 Å². The Hall–Kier alpha value is -3.22. The summed E-state index contributed by atoms with van der Waals surface area (Å²) in [5.74, 6) is 2.93. The summed E-state index contributed by atoms with van der Waals surface area (Å²) in [5.41, 5.74) is 3.31. The molecule has 1 fully saturated rings. The molecule has 6 heteroatoms. The SMILES string of the molecule is COc1cc(C(c2cccc(OC)c2OC)N2CCCNCC2)ccc1OCc1ccccc1. The predicted octanol–water partition coefficient (Wildman–Crippen LogP) is 4.68. The molecule has 1 unspecified atom stereocenters. The van der Waals surface area contributed by atoms with Gasteiger partial charge in [-0.25, -0.2) is 0 Å². The van der Waals surface area contributed by atoms with Crippen molar-refractivity contribution < 1.29 is 18.9 Å². The second-order valence-electron chi connectivity index (χ2n) is 8.31. The van der Waals surface area contributed by atoms with E-state index in [9.17, 15) is 0 Å². The highest BCUT2D eigenvalue weighted by molar-refractivity contribution is 5.53. The third-order valence-corrected chi connectivity index (χ3v) is 6.21. The number of hydrogen-bond acceptors (Lipinski definition) is 6. The van der Waals surface area contributed by atoms with Crippen LogP contribution >= 0.6 is 0 Å². The van der Waals surface area contributed by atoms with Crippen molar-refractivity contribution in [3.05, 3.63) is 83.4 Å². The summed E-state index contributed by atoms with van der Waals surface area (Å²) in [6.45, 7) is 4.36. The molecule has 0 radical (unpaired) electrons. The highest BCUT2D eigenvalue weighted by Gasteiger charge is 2.28. The summed E-state index contributed by atoms with van der Waals surface area (Å²) in [6.07, 6.45) is 1.08. The van der Waals surface area contributed by atoms with Gasteiger partial charge in [-0.15, -0.1) is 0 Å². The molecule has 180 valence electrons. The van der Waals surface area contributed by atoms with Crippen LogP contribution in [0.4, 0.5) is 0 Å². The molecule has 0 aromatic heterocycles. The van der Waals surface area contributed by atoms with Crippen LogP contribution < -0.4 is 24.3 Å². The van der Waals surface area contributed by atoms with E-state index < -0.39 is 0 Å². The fourth-order valence-corrected chi connectivity index (χ4v) is 4.55. The van der Waals surface area contributed by atoms with Gasteiger partial charge in [-0.05, 0) is 42.3 Å². The van der Waals surface area contributed by atoms with Gasteiger partial charge in [0.15, 0.2) is 23.0 Å². The fourth-order valence-electron chi connectivity index (χ4n) is 4.55. The molecule has 6 nitrogen and oxygen atoms in total. The van der Waals surface area contributed by atoms with Crippen LogP contribution in [-0.4, -0.2) is 52.4 Å². The van der Waals surface area contributed by atoms with E-state index >= 15 is 0 Å². The molecule has 0 saturated carbocycles. The minimum atomic E-state index is -0.0120. The number of para-hydroxylation sites is 1. The average molecular weight is 463 g/mol. The van der Waals surface area contributed by atoms with Crippen molar-refractivity contribution in [3.8, 4) is 23.0 Å². The van der Waals surface area contributed by atoms with E-state index in [2.05, 4.69) is 40.5 Å². The first kappa shape index (κ1) is 23.9. The Bertz CT molecular complexity index is 1050. The Morgan fingerprint density at radius 3 is 2.38 bits per heavy atom. The average Bonchev–Trinajstić information content (AvgIpc) is 3.17. The van der Waals surface area contributed by atoms with Crippen molar-refractivity contribution in [2.24, 2.45) is 0 Å². The quantitative estimate of drug-likeness (QED) is 0.499. The fraction of sp³-hybridized carbons (Fsp3) is 0.357. The van der Waals surface area contributed by atoms with E-state index in [4.69, 9.17) is 18.9 Å². The van der Waals surface area contributed by atoms with E-state index in [-0.39, 0.29) is 6.04 Å². The monoisotopic (exact) mass is 462 g/mol. The van der Waals surface area contributed by atoms with Gasteiger partial charge in [-0.1, -0.05) is 48.5 Å². The second kappa shape index (κ2) is 11.8. The molecule has 1 saturated heterocycles. The van der Waals surface area contributed by atoms with Gasteiger partial charge >= 0.3 is 0 Å². The normalized spacial score (nSPS) is 15.3. The summed E-state index contributed by atoms with van der Waals surface area (Å²) < 4.78 is 23.3. The van der Waals surface area contributed by atoms with Crippen LogP contribution in [0.15, 0.2) is 66.7 Å². The molecule has 34 heavy (non-hydrogen) atoms. The molecular weight excluding hydrogens is 428 g/mol. The Kier molecular flexibility index (Phi) is 8.28.